The predicted molar refractivity (Wildman–Crippen MR) is 78.5 cm³/mol. The highest BCUT2D eigenvalue weighted by Gasteiger charge is 2.21. The molecule has 0 radical (unpaired) electrons. The summed E-state index contributed by atoms with van der Waals surface area (Å²) in [5.41, 5.74) is 2.40. The lowest BCUT2D eigenvalue weighted by atomic mass is 9.88. The molecule has 106 valence electrons. The van der Waals surface area contributed by atoms with Crippen molar-refractivity contribution in [1.82, 2.24) is 5.32 Å². The molecule has 0 aliphatic carbocycles. The van der Waals surface area contributed by atoms with E-state index in [0.717, 1.165) is 17.7 Å². The van der Waals surface area contributed by atoms with Gasteiger partial charge in [0.2, 0.25) is 0 Å². The maximum atomic E-state index is 11.7. The van der Waals surface area contributed by atoms with E-state index in [4.69, 9.17) is 0 Å². The molecule has 1 unspecified atom stereocenters. The van der Waals surface area contributed by atoms with Crippen molar-refractivity contribution in [1.29, 1.82) is 0 Å². The average molecular weight is 264 g/mol. The van der Waals surface area contributed by atoms with Crippen LogP contribution in [0.1, 0.15) is 36.2 Å². The molecule has 4 heteroatoms. The third-order valence-corrected chi connectivity index (χ3v) is 3.75. The number of rotatable bonds is 6. The van der Waals surface area contributed by atoms with Gasteiger partial charge in [0.15, 0.2) is 0 Å². The van der Waals surface area contributed by atoms with E-state index < -0.39 is 0 Å². The molecule has 4 nitrogen and oxygen atoms in total. The van der Waals surface area contributed by atoms with Gasteiger partial charge in [0, 0.05) is 30.3 Å². The Hall–Kier alpha value is -1.55. The van der Waals surface area contributed by atoms with Crippen LogP contribution in [0.15, 0.2) is 18.2 Å². The van der Waals surface area contributed by atoms with Gasteiger partial charge >= 0.3 is 0 Å². The average Bonchev–Trinajstić information content (AvgIpc) is 2.45. The lowest BCUT2D eigenvalue weighted by molar-refractivity contribution is 0.0962. The molecule has 0 aliphatic rings. The predicted octanol–water partition coefficient (Wildman–Crippen LogP) is 2.18. The Morgan fingerprint density at radius 2 is 2.11 bits per heavy atom. The summed E-state index contributed by atoms with van der Waals surface area (Å²) in [7, 11) is 1.63. The Morgan fingerprint density at radius 3 is 2.63 bits per heavy atom. The summed E-state index contributed by atoms with van der Waals surface area (Å²) in [6, 6.07) is 5.63. The zero-order chi connectivity index (χ0) is 14.5. The van der Waals surface area contributed by atoms with Gasteiger partial charge in [-0.15, -0.1) is 0 Å². The van der Waals surface area contributed by atoms with Crippen LogP contribution < -0.4 is 10.6 Å². The summed E-state index contributed by atoms with van der Waals surface area (Å²) in [6.45, 7) is 6.85. The van der Waals surface area contributed by atoms with E-state index in [0.29, 0.717) is 12.1 Å². The van der Waals surface area contributed by atoms with Gasteiger partial charge in [0.05, 0.1) is 6.61 Å². The summed E-state index contributed by atoms with van der Waals surface area (Å²) in [5, 5.41) is 15.4. The van der Waals surface area contributed by atoms with Crippen molar-refractivity contribution in [2.75, 3.05) is 25.5 Å². The maximum absolute atomic E-state index is 11.7. The van der Waals surface area contributed by atoms with E-state index >= 15 is 0 Å². The van der Waals surface area contributed by atoms with Gasteiger partial charge in [-0.3, -0.25) is 4.79 Å². The molecule has 1 rings (SSSR count). The van der Waals surface area contributed by atoms with Crippen LogP contribution >= 0.6 is 0 Å². The van der Waals surface area contributed by atoms with Crippen LogP contribution in [0.25, 0.3) is 0 Å². The zero-order valence-corrected chi connectivity index (χ0v) is 12.2. The van der Waals surface area contributed by atoms with Crippen LogP contribution in [0.4, 0.5) is 5.69 Å². The molecule has 1 aromatic carbocycles. The highest BCUT2D eigenvalue weighted by Crippen LogP contribution is 2.24. The van der Waals surface area contributed by atoms with Gasteiger partial charge in [0.1, 0.15) is 0 Å². The lowest BCUT2D eigenvalue weighted by Gasteiger charge is -2.27. The van der Waals surface area contributed by atoms with Crippen molar-refractivity contribution in [3.8, 4) is 0 Å². The molecule has 0 bridgehead atoms. The number of amides is 1. The molecule has 0 heterocycles. The maximum Gasteiger partial charge on any atom is 0.251 e. The molecular weight excluding hydrogens is 240 g/mol. The normalized spacial score (nSPS) is 13.7. The molecule has 0 saturated heterocycles. The number of benzene rings is 1. The SMILES string of the molecule is CCC(C)(CO)CNc1cccc(C(=O)NC)c1C. The molecule has 0 spiro atoms. The van der Waals surface area contributed by atoms with Gasteiger partial charge in [-0.05, 0) is 31.0 Å². The Balaban J connectivity index is 2.88. The fraction of sp³-hybridized carbons (Fsp3) is 0.533. The number of anilines is 1. The third kappa shape index (κ3) is 3.70. The van der Waals surface area contributed by atoms with Crippen LogP contribution in [0, 0.1) is 12.3 Å². The minimum Gasteiger partial charge on any atom is -0.396 e. The van der Waals surface area contributed by atoms with Crippen molar-refractivity contribution >= 4 is 11.6 Å². The molecule has 3 N–H and O–H groups in total. The summed E-state index contributed by atoms with van der Waals surface area (Å²) in [6.07, 6.45) is 0.894. The van der Waals surface area contributed by atoms with Crippen molar-refractivity contribution in [2.24, 2.45) is 5.41 Å². The zero-order valence-electron chi connectivity index (χ0n) is 12.2. The smallest absolute Gasteiger partial charge is 0.251 e. The quantitative estimate of drug-likeness (QED) is 0.738. The topological polar surface area (TPSA) is 61.4 Å². The molecule has 1 atom stereocenters. The summed E-state index contributed by atoms with van der Waals surface area (Å²) in [4.78, 5) is 11.7. The lowest BCUT2D eigenvalue weighted by Crippen LogP contribution is -2.30. The molecule has 0 aliphatic heterocycles. The fourth-order valence-electron chi connectivity index (χ4n) is 1.81. The number of hydrogen-bond acceptors (Lipinski definition) is 3. The minimum absolute atomic E-state index is 0.0819. The molecule has 1 amide bonds. The summed E-state index contributed by atoms with van der Waals surface area (Å²) >= 11 is 0. The van der Waals surface area contributed by atoms with Gasteiger partial charge in [-0.1, -0.05) is 19.9 Å². The minimum atomic E-state index is -0.143. The molecule has 0 fully saturated rings. The Bertz CT molecular complexity index is 440. The van der Waals surface area contributed by atoms with E-state index in [1.807, 2.05) is 32.0 Å². The second-order valence-electron chi connectivity index (χ2n) is 5.23. The largest absolute Gasteiger partial charge is 0.396 e. The number of hydrogen-bond donors (Lipinski definition) is 3. The van der Waals surface area contributed by atoms with E-state index in [-0.39, 0.29) is 17.9 Å². The number of carbonyl (C=O) groups excluding carboxylic acids is 1. The number of aliphatic hydroxyl groups excluding tert-OH is 1. The first-order chi connectivity index (χ1) is 8.97. The molecular formula is C15H24N2O2. The Kier molecular flexibility index (Phi) is 5.36. The van der Waals surface area contributed by atoms with Gasteiger partial charge < -0.3 is 15.7 Å². The van der Waals surface area contributed by atoms with E-state index in [1.54, 1.807) is 7.05 Å². The van der Waals surface area contributed by atoms with Crippen molar-refractivity contribution in [3.05, 3.63) is 29.3 Å². The third-order valence-electron chi connectivity index (χ3n) is 3.75. The second-order valence-corrected chi connectivity index (χ2v) is 5.23. The highest BCUT2D eigenvalue weighted by atomic mass is 16.3. The number of nitrogens with one attached hydrogen (secondary N) is 2. The van der Waals surface area contributed by atoms with Gasteiger partial charge in [-0.25, -0.2) is 0 Å². The van der Waals surface area contributed by atoms with Crippen LogP contribution in [0.3, 0.4) is 0 Å². The van der Waals surface area contributed by atoms with Gasteiger partial charge in [0.25, 0.3) is 5.91 Å². The fourth-order valence-corrected chi connectivity index (χ4v) is 1.81. The molecule has 0 aromatic heterocycles. The summed E-state index contributed by atoms with van der Waals surface area (Å²) < 4.78 is 0. The van der Waals surface area contributed by atoms with Crippen LogP contribution in [-0.2, 0) is 0 Å². The van der Waals surface area contributed by atoms with Crippen molar-refractivity contribution < 1.29 is 9.90 Å². The Morgan fingerprint density at radius 1 is 1.42 bits per heavy atom. The number of carbonyl (C=O) groups is 1. The van der Waals surface area contributed by atoms with Crippen molar-refractivity contribution in [3.63, 3.8) is 0 Å². The van der Waals surface area contributed by atoms with E-state index in [2.05, 4.69) is 17.6 Å². The molecule has 19 heavy (non-hydrogen) atoms. The number of aliphatic hydroxyl groups is 1. The van der Waals surface area contributed by atoms with Crippen LogP contribution in [-0.4, -0.2) is 31.2 Å². The van der Waals surface area contributed by atoms with Crippen LogP contribution in [0.5, 0.6) is 0 Å². The summed E-state index contributed by atoms with van der Waals surface area (Å²) in [5.74, 6) is -0.0819. The monoisotopic (exact) mass is 264 g/mol. The first-order valence-corrected chi connectivity index (χ1v) is 6.64. The second kappa shape index (κ2) is 6.57. The van der Waals surface area contributed by atoms with Crippen molar-refractivity contribution in [2.45, 2.75) is 27.2 Å². The first kappa shape index (κ1) is 15.5. The first-order valence-electron chi connectivity index (χ1n) is 6.64. The van der Waals surface area contributed by atoms with Crippen LogP contribution in [0.2, 0.25) is 0 Å². The molecule has 1 aromatic rings. The van der Waals surface area contributed by atoms with Gasteiger partial charge in [-0.2, -0.15) is 0 Å². The standard InChI is InChI=1S/C15H24N2O2/c1-5-15(3,10-18)9-17-13-8-6-7-12(11(13)2)14(19)16-4/h6-8,17-18H,5,9-10H2,1-4H3,(H,16,19). The van der Waals surface area contributed by atoms with E-state index in [9.17, 15) is 9.90 Å². The Labute approximate surface area is 115 Å². The molecule has 0 saturated carbocycles. The highest BCUT2D eigenvalue weighted by molar-refractivity contribution is 5.96. The van der Waals surface area contributed by atoms with E-state index in [1.165, 1.54) is 0 Å².